The van der Waals surface area contributed by atoms with Crippen LogP contribution in [-0.2, 0) is 12.8 Å². The minimum Gasteiger partial charge on any atom is -0.396 e. The highest BCUT2D eigenvalue weighted by atomic mass is 16.3. The molecule has 3 nitrogen and oxygen atoms in total. The van der Waals surface area contributed by atoms with Gasteiger partial charge >= 0.3 is 0 Å². The van der Waals surface area contributed by atoms with Gasteiger partial charge in [0, 0.05) is 31.4 Å². The number of aliphatic hydroxyl groups excluding tert-OH is 1. The summed E-state index contributed by atoms with van der Waals surface area (Å²) >= 11 is 0. The predicted octanol–water partition coefficient (Wildman–Crippen LogP) is 3.04. The van der Waals surface area contributed by atoms with E-state index in [1.165, 1.54) is 11.1 Å². The van der Waals surface area contributed by atoms with E-state index in [4.69, 9.17) is 0 Å². The van der Waals surface area contributed by atoms with Gasteiger partial charge in [0.1, 0.15) is 0 Å². The average molecular weight is 270 g/mol. The SMILES string of the molecule is OCCC(CCc1ccncc1)CCc1ccncc1. The maximum Gasteiger partial charge on any atom is 0.0433 e. The average Bonchev–Trinajstić information content (AvgIpc) is 2.52. The first kappa shape index (κ1) is 14.7. The van der Waals surface area contributed by atoms with Gasteiger partial charge < -0.3 is 5.11 Å². The van der Waals surface area contributed by atoms with Crippen molar-refractivity contribution in [1.29, 1.82) is 0 Å². The van der Waals surface area contributed by atoms with Crippen LogP contribution >= 0.6 is 0 Å². The van der Waals surface area contributed by atoms with E-state index in [0.717, 1.165) is 32.1 Å². The quantitative estimate of drug-likeness (QED) is 0.802. The number of aliphatic hydroxyl groups is 1. The Morgan fingerprint density at radius 3 is 1.60 bits per heavy atom. The largest absolute Gasteiger partial charge is 0.396 e. The number of pyridine rings is 2. The fraction of sp³-hybridized carbons (Fsp3) is 0.412. The van der Waals surface area contributed by atoms with Gasteiger partial charge in [-0.2, -0.15) is 0 Å². The highest BCUT2D eigenvalue weighted by Gasteiger charge is 2.09. The molecule has 2 rings (SSSR count). The first-order chi connectivity index (χ1) is 9.88. The zero-order valence-corrected chi connectivity index (χ0v) is 11.8. The smallest absolute Gasteiger partial charge is 0.0433 e. The summed E-state index contributed by atoms with van der Waals surface area (Å²) in [7, 11) is 0. The van der Waals surface area contributed by atoms with Crippen molar-refractivity contribution < 1.29 is 5.11 Å². The van der Waals surface area contributed by atoms with Crippen molar-refractivity contribution in [3.63, 3.8) is 0 Å². The lowest BCUT2D eigenvalue weighted by molar-refractivity contribution is 0.246. The molecule has 2 heterocycles. The van der Waals surface area contributed by atoms with Gasteiger partial charge in [0.15, 0.2) is 0 Å². The maximum absolute atomic E-state index is 9.21. The Labute approximate surface area is 120 Å². The maximum atomic E-state index is 9.21. The van der Waals surface area contributed by atoms with Crippen molar-refractivity contribution >= 4 is 0 Å². The van der Waals surface area contributed by atoms with Crippen LogP contribution in [0.4, 0.5) is 0 Å². The molecule has 3 heteroatoms. The summed E-state index contributed by atoms with van der Waals surface area (Å²) in [5.74, 6) is 0.571. The summed E-state index contributed by atoms with van der Waals surface area (Å²) in [6.07, 6.45) is 12.6. The van der Waals surface area contributed by atoms with Gasteiger partial charge in [-0.1, -0.05) is 0 Å². The second kappa shape index (κ2) is 8.43. The highest BCUT2D eigenvalue weighted by molar-refractivity contribution is 5.11. The van der Waals surface area contributed by atoms with Gasteiger partial charge in [-0.15, -0.1) is 0 Å². The molecule has 0 atom stereocenters. The van der Waals surface area contributed by atoms with E-state index < -0.39 is 0 Å². The monoisotopic (exact) mass is 270 g/mol. The van der Waals surface area contributed by atoms with Crippen molar-refractivity contribution in [2.75, 3.05) is 6.61 Å². The van der Waals surface area contributed by atoms with Gasteiger partial charge in [0.05, 0.1) is 0 Å². The van der Waals surface area contributed by atoms with Gasteiger partial charge in [-0.25, -0.2) is 0 Å². The Bertz CT molecular complexity index is 429. The Morgan fingerprint density at radius 1 is 0.750 bits per heavy atom. The summed E-state index contributed by atoms with van der Waals surface area (Å²) < 4.78 is 0. The van der Waals surface area contributed by atoms with Crippen molar-refractivity contribution in [1.82, 2.24) is 9.97 Å². The molecule has 0 aromatic carbocycles. The summed E-state index contributed by atoms with van der Waals surface area (Å²) in [6, 6.07) is 8.27. The lowest BCUT2D eigenvalue weighted by Gasteiger charge is -2.15. The van der Waals surface area contributed by atoms with Crippen LogP contribution in [-0.4, -0.2) is 21.7 Å². The van der Waals surface area contributed by atoms with E-state index in [2.05, 4.69) is 34.2 Å². The van der Waals surface area contributed by atoms with Crippen LogP contribution in [0.25, 0.3) is 0 Å². The molecule has 0 radical (unpaired) electrons. The van der Waals surface area contributed by atoms with E-state index in [9.17, 15) is 5.11 Å². The fourth-order valence-electron chi connectivity index (χ4n) is 2.46. The van der Waals surface area contributed by atoms with Crippen LogP contribution in [0.1, 0.15) is 30.4 Å². The highest BCUT2D eigenvalue weighted by Crippen LogP contribution is 2.19. The summed E-state index contributed by atoms with van der Waals surface area (Å²) in [4.78, 5) is 8.08. The molecule has 0 unspecified atom stereocenters. The van der Waals surface area contributed by atoms with Crippen LogP contribution in [0.3, 0.4) is 0 Å². The first-order valence-corrected chi connectivity index (χ1v) is 7.27. The lowest BCUT2D eigenvalue weighted by atomic mass is 9.91. The number of nitrogens with zero attached hydrogens (tertiary/aromatic N) is 2. The van der Waals surface area contributed by atoms with Crippen molar-refractivity contribution in [2.45, 2.75) is 32.1 Å². The third-order valence-electron chi connectivity index (χ3n) is 3.72. The van der Waals surface area contributed by atoms with Crippen LogP contribution in [0, 0.1) is 5.92 Å². The topological polar surface area (TPSA) is 46.0 Å². The Morgan fingerprint density at radius 2 is 1.20 bits per heavy atom. The van der Waals surface area contributed by atoms with Crippen molar-refractivity contribution in [3.8, 4) is 0 Å². The standard InChI is InChI=1S/C17H22N2O/c20-14-9-15(1-3-16-5-10-18-11-6-16)2-4-17-7-12-19-13-8-17/h5-8,10-13,15,20H,1-4,9,14H2. The van der Waals surface area contributed by atoms with Crippen LogP contribution in [0.2, 0.25) is 0 Å². The van der Waals surface area contributed by atoms with Crippen molar-refractivity contribution in [3.05, 3.63) is 60.2 Å². The van der Waals surface area contributed by atoms with E-state index in [-0.39, 0.29) is 6.61 Å². The van der Waals surface area contributed by atoms with Crippen LogP contribution in [0.15, 0.2) is 49.1 Å². The molecule has 0 aliphatic rings. The van der Waals surface area contributed by atoms with Crippen LogP contribution in [0.5, 0.6) is 0 Å². The second-order valence-corrected chi connectivity index (χ2v) is 5.17. The molecule has 0 spiro atoms. The second-order valence-electron chi connectivity index (χ2n) is 5.17. The molecule has 1 N–H and O–H groups in total. The molecule has 0 saturated heterocycles. The lowest BCUT2D eigenvalue weighted by Crippen LogP contribution is -2.07. The number of rotatable bonds is 8. The van der Waals surface area contributed by atoms with Gasteiger partial charge in [0.25, 0.3) is 0 Å². The molecule has 0 fully saturated rings. The van der Waals surface area contributed by atoms with E-state index in [0.29, 0.717) is 5.92 Å². The minimum absolute atomic E-state index is 0.275. The molecule has 0 amide bonds. The van der Waals surface area contributed by atoms with Gasteiger partial charge in [-0.3, -0.25) is 9.97 Å². The third kappa shape index (κ3) is 5.10. The van der Waals surface area contributed by atoms with Gasteiger partial charge in [0.2, 0.25) is 0 Å². The number of aryl methyl sites for hydroxylation is 2. The van der Waals surface area contributed by atoms with E-state index >= 15 is 0 Å². The van der Waals surface area contributed by atoms with Gasteiger partial charge in [-0.05, 0) is 73.4 Å². The molecule has 106 valence electrons. The Kier molecular flexibility index (Phi) is 6.18. The summed E-state index contributed by atoms with van der Waals surface area (Å²) in [5, 5.41) is 9.21. The molecule has 0 aliphatic carbocycles. The number of hydrogen-bond donors (Lipinski definition) is 1. The predicted molar refractivity (Wildman–Crippen MR) is 80.3 cm³/mol. The normalized spacial score (nSPS) is 10.9. The molecule has 0 saturated carbocycles. The summed E-state index contributed by atoms with van der Waals surface area (Å²) in [6.45, 7) is 0.275. The molecule has 0 aliphatic heterocycles. The van der Waals surface area contributed by atoms with E-state index in [1.807, 2.05) is 24.8 Å². The third-order valence-corrected chi connectivity index (χ3v) is 3.72. The molecular formula is C17H22N2O. The molecule has 2 aromatic heterocycles. The Hall–Kier alpha value is -1.74. The van der Waals surface area contributed by atoms with Crippen molar-refractivity contribution in [2.24, 2.45) is 5.92 Å². The zero-order chi connectivity index (χ0) is 14.0. The minimum atomic E-state index is 0.275. The molecule has 2 aromatic rings. The molecular weight excluding hydrogens is 248 g/mol. The number of aromatic nitrogens is 2. The Balaban J connectivity index is 1.81. The van der Waals surface area contributed by atoms with E-state index in [1.54, 1.807) is 0 Å². The number of hydrogen-bond acceptors (Lipinski definition) is 3. The van der Waals surface area contributed by atoms with Crippen LogP contribution < -0.4 is 0 Å². The molecule has 20 heavy (non-hydrogen) atoms. The summed E-state index contributed by atoms with van der Waals surface area (Å²) in [5.41, 5.74) is 2.65. The zero-order valence-electron chi connectivity index (χ0n) is 11.8. The first-order valence-electron chi connectivity index (χ1n) is 7.27. The fourth-order valence-corrected chi connectivity index (χ4v) is 2.46. The molecule has 0 bridgehead atoms.